The lowest BCUT2D eigenvalue weighted by Gasteiger charge is -2.15. The van der Waals surface area contributed by atoms with Crippen LogP contribution in [0.3, 0.4) is 0 Å². The van der Waals surface area contributed by atoms with Crippen molar-refractivity contribution in [2.24, 2.45) is 7.05 Å². The van der Waals surface area contributed by atoms with E-state index in [-0.39, 0.29) is 5.69 Å². The third-order valence-corrected chi connectivity index (χ3v) is 5.78. The van der Waals surface area contributed by atoms with Crippen molar-refractivity contribution in [1.82, 2.24) is 29.1 Å². The lowest BCUT2D eigenvalue weighted by Crippen LogP contribution is -2.22. The van der Waals surface area contributed by atoms with Gasteiger partial charge in [-0.3, -0.25) is 4.57 Å². The van der Waals surface area contributed by atoms with E-state index in [0.29, 0.717) is 28.6 Å². The molecule has 9 nitrogen and oxygen atoms in total. The molecular formula is C21H21ClN8O. The maximum atomic E-state index is 12.7. The zero-order chi connectivity index (χ0) is 21.4. The van der Waals surface area contributed by atoms with Crippen LogP contribution in [0.5, 0.6) is 0 Å². The van der Waals surface area contributed by atoms with E-state index in [4.69, 9.17) is 11.6 Å². The molecule has 1 aliphatic rings. The van der Waals surface area contributed by atoms with Crippen LogP contribution in [-0.2, 0) is 7.05 Å². The molecule has 1 aliphatic carbocycles. The molecule has 1 saturated carbocycles. The van der Waals surface area contributed by atoms with Gasteiger partial charge in [0, 0.05) is 25.3 Å². The molecule has 158 valence electrons. The second kappa shape index (κ2) is 7.99. The van der Waals surface area contributed by atoms with Gasteiger partial charge < -0.3 is 10.6 Å². The standard InChI is InChI=1S/C21H21ClN8O/c1-29-16-3-2-8-23-20(16)30(21(29)31)15-6-7-18(25-10-15)27-13-4-5-14(9-13)28-19-12-24-17(22)11-26-19/h2-3,6-8,10-14H,4-5,9H2,1H3,(H,25,27)(H,26,28)/t13-,14-/m0/s1. The van der Waals surface area contributed by atoms with Gasteiger partial charge in [-0.05, 0) is 43.5 Å². The fraction of sp³-hybridized carbons (Fsp3) is 0.286. The second-order valence-electron chi connectivity index (χ2n) is 7.64. The van der Waals surface area contributed by atoms with E-state index < -0.39 is 0 Å². The fourth-order valence-corrected chi connectivity index (χ4v) is 4.15. The van der Waals surface area contributed by atoms with Gasteiger partial charge >= 0.3 is 5.69 Å². The van der Waals surface area contributed by atoms with E-state index in [0.717, 1.165) is 36.4 Å². The van der Waals surface area contributed by atoms with Crippen LogP contribution in [0.2, 0.25) is 5.15 Å². The molecule has 5 rings (SSSR count). The van der Waals surface area contributed by atoms with Crippen LogP contribution < -0.4 is 16.3 Å². The highest BCUT2D eigenvalue weighted by Gasteiger charge is 2.25. The predicted molar refractivity (Wildman–Crippen MR) is 120 cm³/mol. The van der Waals surface area contributed by atoms with E-state index in [9.17, 15) is 4.79 Å². The minimum atomic E-state index is -0.147. The molecule has 2 atom stereocenters. The topological polar surface area (TPSA) is 103 Å². The Kier molecular flexibility index (Phi) is 5.03. The zero-order valence-corrected chi connectivity index (χ0v) is 17.6. The zero-order valence-electron chi connectivity index (χ0n) is 16.9. The molecule has 2 N–H and O–H groups in total. The SMILES string of the molecule is Cn1c(=O)n(-c2ccc(N[C@H]3CC[C@H](Nc4cnc(Cl)cn4)C3)nc2)c2ncccc21. The quantitative estimate of drug-likeness (QED) is 0.495. The normalized spacial score (nSPS) is 18.4. The lowest BCUT2D eigenvalue weighted by molar-refractivity contribution is 0.719. The molecular weight excluding hydrogens is 416 g/mol. The summed E-state index contributed by atoms with van der Waals surface area (Å²) in [4.78, 5) is 29.9. The van der Waals surface area contributed by atoms with Crippen molar-refractivity contribution in [2.45, 2.75) is 31.3 Å². The number of nitrogens with zero attached hydrogens (tertiary/aromatic N) is 6. The highest BCUT2D eigenvalue weighted by molar-refractivity contribution is 6.29. The number of halogens is 1. The van der Waals surface area contributed by atoms with Crippen molar-refractivity contribution < 1.29 is 0 Å². The Labute approximate surface area is 183 Å². The summed E-state index contributed by atoms with van der Waals surface area (Å²) in [6.45, 7) is 0. The van der Waals surface area contributed by atoms with Gasteiger partial charge in [0.05, 0.1) is 29.8 Å². The van der Waals surface area contributed by atoms with Crippen LogP contribution in [0.25, 0.3) is 16.9 Å². The number of nitrogens with one attached hydrogen (secondary N) is 2. The first kappa shape index (κ1) is 19.5. The van der Waals surface area contributed by atoms with Crippen molar-refractivity contribution in [3.05, 3.63) is 64.7 Å². The molecule has 31 heavy (non-hydrogen) atoms. The average molecular weight is 437 g/mol. The van der Waals surface area contributed by atoms with Gasteiger partial charge in [-0.15, -0.1) is 0 Å². The van der Waals surface area contributed by atoms with Crippen LogP contribution in [0.1, 0.15) is 19.3 Å². The van der Waals surface area contributed by atoms with Crippen LogP contribution in [-0.4, -0.2) is 41.2 Å². The Morgan fingerprint density at radius 2 is 1.74 bits per heavy atom. The molecule has 0 spiro atoms. The van der Waals surface area contributed by atoms with Crippen LogP contribution in [0.15, 0.2) is 53.8 Å². The summed E-state index contributed by atoms with van der Waals surface area (Å²) in [5.74, 6) is 1.51. The third-order valence-electron chi connectivity index (χ3n) is 5.58. The number of anilines is 2. The summed E-state index contributed by atoms with van der Waals surface area (Å²) < 4.78 is 3.17. The van der Waals surface area contributed by atoms with E-state index in [1.165, 1.54) is 6.20 Å². The van der Waals surface area contributed by atoms with Gasteiger partial charge in [-0.2, -0.15) is 0 Å². The van der Waals surface area contributed by atoms with Crippen molar-refractivity contribution in [1.29, 1.82) is 0 Å². The minimum Gasteiger partial charge on any atom is -0.367 e. The van der Waals surface area contributed by atoms with E-state index in [1.54, 1.807) is 34.8 Å². The van der Waals surface area contributed by atoms with Crippen molar-refractivity contribution in [2.75, 3.05) is 10.6 Å². The van der Waals surface area contributed by atoms with Crippen LogP contribution >= 0.6 is 11.6 Å². The summed E-state index contributed by atoms with van der Waals surface area (Å²) in [6, 6.07) is 8.10. The van der Waals surface area contributed by atoms with Gasteiger partial charge in [0.1, 0.15) is 16.8 Å². The first-order valence-electron chi connectivity index (χ1n) is 10.1. The Bertz CT molecular complexity index is 1270. The number of aryl methyl sites for hydroxylation is 1. The maximum absolute atomic E-state index is 12.7. The van der Waals surface area contributed by atoms with E-state index in [1.807, 2.05) is 24.3 Å². The number of hydrogen-bond donors (Lipinski definition) is 2. The Balaban J connectivity index is 1.27. The van der Waals surface area contributed by atoms with Crippen LogP contribution in [0.4, 0.5) is 11.6 Å². The number of aromatic nitrogens is 6. The molecule has 10 heteroatoms. The Morgan fingerprint density at radius 1 is 0.968 bits per heavy atom. The van der Waals surface area contributed by atoms with E-state index >= 15 is 0 Å². The largest absolute Gasteiger partial charge is 0.367 e. The number of fused-ring (bicyclic) bond motifs is 1. The van der Waals surface area contributed by atoms with Gasteiger partial charge in [0.2, 0.25) is 0 Å². The van der Waals surface area contributed by atoms with Crippen molar-refractivity contribution >= 4 is 34.4 Å². The highest BCUT2D eigenvalue weighted by atomic mass is 35.5. The molecule has 4 aromatic rings. The van der Waals surface area contributed by atoms with Gasteiger partial charge in [-0.25, -0.2) is 29.3 Å². The van der Waals surface area contributed by atoms with Crippen LogP contribution in [0, 0.1) is 0 Å². The summed E-state index contributed by atoms with van der Waals surface area (Å²) >= 11 is 5.79. The molecule has 0 radical (unpaired) electrons. The molecule has 0 amide bonds. The molecule has 0 saturated heterocycles. The number of rotatable bonds is 5. The Morgan fingerprint density at radius 3 is 2.45 bits per heavy atom. The average Bonchev–Trinajstić information content (AvgIpc) is 3.33. The monoisotopic (exact) mass is 436 g/mol. The highest BCUT2D eigenvalue weighted by Crippen LogP contribution is 2.25. The number of hydrogen-bond acceptors (Lipinski definition) is 7. The smallest absolute Gasteiger partial charge is 0.334 e. The molecule has 0 aliphatic heterocycles. The first-order valence-corrected chi connectivity index (χ1v) is 10.5. The number of imidazole rings is 1. The molecule has 0 unspecified atom stereocenters. The van der Waals surface area contributed by atoms with Gasteiger partial charge in [0.25, 0.3) is 0 Å². The summed E-state index contributed by atoms with van der Waals surface area (Å²) in [7, 11) is 1.74. The van der Waals surface area contributed by atoms with E-state index in [2.05, 4.69) is 30.6 Å². The maximum Gasteiger partial charge on any atom is 0.334 e. The minimum absolute atomic E-state index is 0.147. The summed E-state index contributed by atoms with van der Waals surface area (Å²) in [6.07, 6.45) is 9.56. The third kappa shape index (κ3) is 3.84. The van der Waals surface area contributed by atoms with Gasteiger partial charge in [0.15, 0.2) is 5.65 Å². The second-order valence-corrected chi connectivity index (χ2v) is 8.03. The predicted octanol–water partition coefficient (Wildman–Crippen LogP) is 3.01. The molecule has 0 aromatic carbocycles. The fourth-order valence-electron chi connectivity index (χ4n) is 4.05. The Hall–Kier alpha value is -3.46. The summed E-state index contributed by atoms with van der Waals surface area (Å²) in [5, 5.41) is 7.27. The van der Waals surface area contributed by atoms with Crippen molar-refractivity contribution in [3.8, 4) is 5.69 Å². The summed E-state index contributed by atoms with van der Waals surface area (Å²) in [5.41, 5.74) is 1.94. The number of pyridine rings is 2. The molecule has 0 bridgehead atoms. The van der Waals surface area contributed by atoms with Crippen molar-refractivity contribution in [3.63, 3.8) is 0 Å². The van der Waals surface area contributed by atoms with Gasteiger partial charge in [-0.1, -0.05) is 11.6 Å². The lowest BCUT2D eigenvalue weighted by atomic mass is 10.2. The first-order chi connectivity index (χ1) is 15.1. The molecule has 4 aromatic heterocycles. The molecule has 4 heterocycles. The molecule has 1 fully saturated rings.